The fourth-order valence-corrected chi connectivity index (χ4v) is 3.92. The monoisotopic (exact) mass is 444 g/mol. The number of amides is 2. The van der Waals surface area contributed by atoms with Gasteiger partial charge in [-0.2, -0.15) is 0 Å². The summed E-state index contributed by atoms with van der Waals surface area (Å²) in [5, 5.41) is 6.34. The third kappa shape index (κ3) is 7.78. The lowest BCUT2D eigenvalue weighted by Crippen LogP contribution is -2.35. The molecule has 2 aliphatic rings. The summed E-state index contributed by atoms with van der Waals surface area (Å²) in [5.41, 5.74) is 1.23. The Kier molecular flexibility index (Phi) is 11.6. The highest BCUT2D eigenvalue weighted by atomic mass is 35.5. The molecule has 2 heterocycles. The Bertz CT molecular complexity index is 653. The molecule has 6 nitrogen and oxygen atoms in total. The van der Waals surface area contributed by atoms with Gasteiger partial charge in [0, 0.05) is 26.1 Å². The third-order valence-corrected chi connectivity index (χ3v) is 5.68. The van der Waals surface area contributed by atoms with Crippen LogP contribution in [0.1, 0.15) is 42.5 Å². The van der Waals surface area contributed by atoms with E-state index in [1.807, 2.05) is 29.2 Å². The lowest BCUT2D eigenvalue weighted by Gasteiger charge is -2.23. The lowest BCUT2D eigenvalue weighted by atomic mass is 9.93. The van der Waals surface area contributed by atoms with E-state index in [0.717, 1.165) is 65.0 Å². The summed E-state index contributed by atoms with van der Waals surface area (Å²) in [6, 6.07) is 7.39. The van der Waals surface area contributed by atoms with Crippen LogP contribution in [-0.4, -0.2) is 67.9 Å². The maximum Gasteiger partial charge on any atom is 0.256 e. The zero-order chi connectivity index (χ0) is 19.1. The molecule has 0 spiro atoms. The molecule has 3 rings (SSSR count). The second-order valence-corrected chi connectivity index (χ2v) is 7.77. The van der Waals surface area contributed by atoms with Crippen molar-refractivity contribution in [3.05, 3.63) is 29.8 Å². The summed E-state index contributed by atoms with van der Waals surface area (Å²) in [4.78, 5) is 29.6. The van der Waals surface area contributed by atoms with Crippen molar-refractivity contribution in [3.8, 4) is 0 Å². The van der Waals surface area contributed by atoms with E-state index in [0.29, 0.717) is 23.6 Å². The number of carbonyl (C=O) groups excluding carboxylic acids is 2. The number of rotatable bonds is 5. The normalized spacial score (nSPS) is 18.2. The van der Waals surface area contributed by atoms with Gasteiger partial charge in [0.15, 0.2) is 0 Å². The third-order valence-electron chi connectivity index (χ3n) is 5.68. The number of nitrogens with one attached hydrogen (secondary N) is 2. The van der Waals surface area contributed by atoms with Gasteiger partial charge >= 0.3 is 0 Å². The van der Waals surface area contributed by atoms with Gasteiger partial charge in [0.25, 0.3) is 5.91 Å². The van der Waals surface area contributed by atoms with E-state index < -0.39 is 0 Å². The second-order valence-electron chi connectivity index (χ2n) is 7.77. The van der Waals surface area contributed by atoms with E-state index in [-0.39, 0.29) is 36.6 Å². The summed E-state index contributed by atoms with van der Waals surface area (Å²) in [5.74, 6) is 0.645. The summed E-state index contributed by atoms with van der Waals surface area (Å²) in [7, 11) is 2.09. The average molecular weight is 445 g/mol. The first-order valence-corrected chi connectivity index (χ1v) is 10.2. The van der Waals surface area contributed by atoms with Gasteiger partial charge in [0.2, 0.25) is 5.91 Å². The van der Waals surface area contributed by atoms with Gasteiger partial charge in [0.05, 0.1) is 11.3 Å². The van der Waals surface area contributed by atoms with E-state index in [1.54, 1.807) is 0 Å². The number of likely N-dealkylation sites (N-methyl/N-ethyl adjacent to an activating group) is 1. The molecule has 8 heteroatoms. The summed E-state index contributed by atoms with van der Waals surface area (Å²) in [6.07, 6.45) is 4.70. The van der Waals surface area contributed by atoms with Gasteiger partial charge < -0.3 is 20.4 Å². The Morgan fingerprint density at radius 1 is 1.07 bits per heavy atom. The minimum atomic E-state index is 0. The van der Waals surface area contributed by atoms with Crippen LogP contribution in [0.15, 0.2) is 24.3 Å². The summed E-state index contributed by atoms with van der Waals surface area (Å²) in [6.45, 7) is 5.49. The van der Waals surface area contributed by atoms with E-state index >= 15 is 0 Å². The van der Waals surface area contributed by atoms with Gasteiger partial charge in [-0.05, 0) is 70.4 Å². The highest BCUT2D eigenvalue weighted by Gasteiger charge is 2.22. The maximum atomic E-state index is 13.0. The number of hydrogen-bond donors (Lipinski definition) is 2. The van der Waals surface area contributed by atoms with Crippen LogP contribution in [0.2, 0.25) is 0 Å². The number of piperidine rings is 1. The molecule has 1 aromatic carbocycles. The predicted molar refractivity (Wildman–Crippen MR) is 122 cm³/mol. The number of carbonyl (C=O) groups is 2. The minimum Gasteiger partial charge on any atom is -0.337 e. The Labute approximate surface area is 186 Å². The number of halogens is 2. The molecule has 0 aliphatic carbocycles. The smallest absolute Gasteiger partial charge is 0.256 e. The van der Waals surface area contributed by atoms with E-state index in [1.165, 1.54) is 0 Å². The molecular formula is C21H34Cl2N4O2. The van der Waals surface area contributed by atoms with Gasteiger partial charge in [-0.15, -0.1) is 24.8 Å². The van der Waals surface area contributed by atoms with Crippen molar-refractivity contribution in [2.45, 2.75) is 32.1 Å². The molecule has 2 saturated heterocycles. The van der Waals surface area contributed by atoms with E-state index in [2.05, 4.69) is 22.6 Å². The van der Waals surface area contributed by atoms with Crippen LogP contribution in [0.3, 0.4) is 0 Å². The Morgan fingerprint density at radius 2 is 1.79 bits per heavy atom. The first kappa shape index (κ1) is 25.7. The summed E-state index contributed by atoms with van der Waals surface area (Å²) >= 11 is 0. The molecule has 0 saturated carbocycles. The van der Waals surface area contributed by atoms with Crippen molar-refractivity contribution in [2.24, 2.45) is 5.92 Å². The molecule has 2 amide bonds. The highest BCUT2D eigenvalue weighted by Crippen LogP contribution is 2.21. The fourth-order valence-electron chi connectivity index (χ4n) is 3.92. The first-order chi connectivity index (χ1) is 13.1. The molecule has 2 N–H and O–H groups in total. The van der Waals surface area contributed by atoms with Crippen molar-refractivity contribution >= 4 is 42.3 Å². The molecule has 1 aromatic rings. The molecular weight excluding hydrogens is 411 g/mol. The minimum absolute atomic E-state index is 0. The summed E-state index contributed by atoms with van der Waals surface area (Å²) < 4.78 is 0. The van der Waals surface area contributed by atoms with Crippen molar-refractivity contribution < 1.29 is 9.59 Å². The number of para-hydroxylation sites is 1. The van der Waals surface area contributed by atoms with E-state index in [4.69, 9.17) is 0 Å². The zero-order valence-corrected chi connectivity index (χ0v) is 18.8. The number of hydrogen-bond acceptors (Lipinski definition) is 4. The van der Waals surface area contributed by atoms with Crippen molar-refractivity contribution in [2.75, 3.05) is 51.6 Å². The number of benzene rings is 1. The lowest BCUT2D eigenvalue weighted by molar-refractivity contribution is -0.116. The van der Waals surface area contributed by atoms with Crippen molar-refractivity contribution in [1.29, 1.82) is 0 Å². The standard InChI is InChI=1S/C21H32N4O2.2ClH/c1-24-13-4-14-25(16-15-24)21(27)18-5-2-3-6-19(18)23-20(26)8-7-17-9-11-22-12-10-17;;/h2-3,5-6,17,22H,4,7-16H2,1H3,(H,23,26);2*1H. The SMILES string of the molecule is CN1CCCN(C(=O)c2ccccc2NC(=O)CCC2CCNCC2)CC1.Cl.Cl. The van der Waals surface area contributed by atoms with Gasteiger partial charge in [0.1, 0.15) is 0 Å². The molecule has 0 aromatic heterocycles. The van der Waals surface area contributed by atoms with Crippen LogP contribution in [-0.2, 0) is 4.79 Å². The molecule has 0 unspecified atom stereocenters. The van der Waals surface area contributed by atoms with Crippen molar-refractivity contribution in [1.82, 2.24) is 15.1 Å². The second kappa shape index (κ2) is 13.1. The van der Waals surface area contributed by atoms with Gasteiger partial charge in [-0.3, -0.25) is 9.59 Å². The largest absolute Gasteiger partial charge is 0.337 e. The van der Waals surface area contributed by atoms with E-state index in [9.17, 15) is 9.59 Å². The molecule has 164 valence electrons. The Hall–Kier alpha value is -1.34. The fraction of sp³-hybridized carbons (Fsp3) is 0.619. The van der Waals surface area contributed by atoms with Crippen LogP contribution < -0.4 is 10.6 Å². The average Bonchev–Trinajstić information content (AvgIpc) is 2.92. The van der Waals surface area contributed by atoms with Crippen LogP contribution >= 0.6 is 24.8 Å². The molecule has 29 heavy (non-hydrogen) atoms. The zero-order valence-electron chi connectivity index (χ0n) is 17.2. The van der Waals surface area contributed by atoms with Crippen LogP contribution in [0.5, 0.6) is 0 Å². The number of nitrogens with zero attached hydrogens (tertiary/aromatic N) is 2. The molecule has 0 bridgehead atoms. The maximum absolute atomic E-state index is 13.0. The predicted octanol–water partition coefficient (Wildman–Crippen LogP) is 3.03. The highest BCUT2D eigenvalue weighted by molar-refractivity contribution is 6.03. The van der Waals surface area contributed by atoms with Gasteiger partial charge in [-0.1, -0.05) is 12.1 Å². The number of anilines is 1. The molecule has 0 radical (unpaired) electrons. The quantitative estimate of drug-likeness (QED) is 0.732. The van der Waals surface area contributed by atoms with Crippen LogP contribution in [0, 0.1) is 5.92 Å². The Morgan fingerprint density at radius 3 is 2.55 bits per heavy atom. The topological polar surface area (TPSA) is 64.7 Å². The Balaban J connectivity index is 0.00000210. The van der Waals surface area contributed by atoms with Gasteiger partial charge in [-0.25, -0.2) is 0 Å². The van der Waals surface area contributed by atoms with Crippen LogP contribution in [0.25, 0.3) is 0 Å². The molecule has 0 atom stereocenters. The molecule has 2 aliphatic heterocycles. The first-order valence-electron chi connectivity index (χ1n) is 10.2. The van der Waals surface area contributed by atoms with Crippen LogP contribution in [0.4, 0.5) is 5.69 Å². The van der Waals surface area contributed by atoms with Crippen molar-refractivity contribution in [3.63, 3.8) is 0 Å². The molecule has 2 fully saturated rings.